The predicted octanol–water partition coefficient (Wildman–Crippen LogP) is 6.81. The van der Waals surface area contributed by atoms with E-state index in [9.17, 15) is 0 Å². The number of hydrogen-bond acceptors (Lipinski definition) is 3. The van der Waals surface area contributed by atoms with Gasteiger partial charge in [-0.25, -0.2) is 9.97 Å². The summed E-state index contributed by atoms with van der Waals surface area (Å²) in [5.41, 5.74) is 6.79. The summed E-state index contributed by atoms with van der Waals surface area (Å²) >= 11 is 0. The van der Waals surface area contributed by atoms with Gasteiger partial charge in [-0.1, -0.05) is 78.9 Å². The molecule has 0 bridgehead atoms. The molecule has 0 fully saturated rings. The highest BCUT2D eigenvalue weighted by Gasteiger charge is 2.09. The van der Waals surface area contributed by atoms with Crippen LogP contribution in [0.25, 0.3) is 44.4 Å². The van der Waals surface area contributed by atoms with E-state index in [1.54, 1.807) is 0 Å². The van der Waals surface area contributed by atoms with Gasteiger partial charge in [0.05, 0.1) is 23.0 Å². The van der Waals surface area contributed by atoms with Crippen molar-refractivity contribution in [1.82, 2.24) is 9.97 Å². The molecule has 146 valence electrons. The molecule has 0 amide bonds. The van der Waals surface area contributed by atoms with Crippen LogP contribution in [0.2, 0.25) is 0 Å². The molecular formula is C28H19N3. The Morgan fingerprint density at radius 1 is 0.645 bits per heavy atom. The standard InChI is InChI=1S/C28H19N3/c1-19-30-27(23-11-9-20(18-29)10-12-23)17-28(31-19)24-15-13-22(14-16-24)26-8-4-6-21-5-2-3-7-25(21)26/h2-17H,1H3. The van der Waals surface area contributed by atoms with Crippen LogP contribution in [0.1, 0.15) is 11.4 Å². The zero-order valence-electron chi connectivity index (χ0n) is 17.1. The van der Waals surface area contributed by atoms with Crippen molar-refractivity contribution in [2.24, 2.45) is 0 Å². The van der Waals surface area contributed by atoms with Gasteiger partial charge >= 0.3 is 0 Å². The van der Waals surface area contributed by atoms with Gasteiger partial charge in [-0.05, 0) is 47.0 Å². The molecule has 0 aliphatic carbocycles. The monoisotopic (exact) mass is 397 g/mol. The molecule has 3 heteroatoms. The summed E-state index contributed by atoms with van der Waals surface area (Å²) < 4.78 is 0. The van der Waals surface area contributed by atoms with Crippen molar-refractivity contribution in [3.8, 4) is 39.7 Å². The van der Waals surface area contributed by atoms with Gasteiger partial charge in [0.25, 0.3) is 0 Å². The first-order valence-corrected chi connectivity index (χ1v) is 10.2. The first kappa shape index (κ1) is 18.7. The van der Waals surface area contributed by atoms with Crippen LogP contribution in [-0.2, 0) is 0 Å². The molecule has 0 N–H and O–H groups in total. The van der Waals surface area contributed by atoms with Gasteiger partial charge in [0.1, 0.15) is 5.82 Å². The van der Waals surface area contributed by atoms with Crippen LogP contribution < -0.4 is 0 Å². The third kappa shape index (κ3) is 3.68. The maximum absolute atomic E-state index is 9.02. The second kappa shape index (κ2) is 7.85. The van der Waals surface area contributed by atoms with Crippen molar-refractivity contribution in [3.05, 3.63) is 108 Å². The fourth-order valence-corrected chi connectivity index (χ4v) is 3.88. The maximum Gasteiger partial charge on any atom is 0.126 e. The quantitative estimate of drug-likeness (QED) is 0.336. The summed E-state index contributed by atoms with van der Waals surface area (Å²) in [5.74, 6) is 0.718. The highest BCUT2D eigenvalue weighted by Crippen LogP contribution is 2.31. The lowest BCUT2D eigenvalue weighted by Crippen LogP contribution is -1.95. The summed E-state index contributed by atoms with van der Waals surface area (Å²) in [4.78, 5) is 9.24. The van der Waals surface area contributed by atoms with Crippen LogP contribution in [0.4, 0.5) is 0 Å². The van der Waals surface area contributed by atoms with Gasteiger partial charge < -0.3 is 0 Å². The molecule has 3 nitrogen and oxygen atoms in total. The van der Waals surface area contributed by atoms with E-state index in [2.05, 4.69) is 82.8 Å². The zero-order chi connectivity index (χ0) is 21.2. The Labute approximate surface area is 181 Å². The second-order valence-corrected chi connectivity index (χ2v) is 7.48. The Kier molecular flexibility index (Phi) is 4.74. The Morgan fingerprint density at radius 3 is 1.90 bits per heavy atom. The lowest BCUT2D eigenvalue weighted by molar-refractivity contribution is 1.06. The number of fused-ring (bicyclic) bond motifs is 1. The van der Waals surface area contributed by atoms with Crippen LogP contribution in [-0.4, -0.2) is 9.97 Å². The highest BCUT2D eigenvalue weighted by atomic mass is 14.9. The lowest BCUT2D eigenvalue weighted by atomic mass is 9.97. The molecule has 5 rings (SSSR count). The molecule has 0 unspecified atom stereocenters. The Balaban J connectivity index is 1.52. The first-order valence-electron chi connectivity index (χ1n) is 10.2. The fourth-order valence-electron chi connectivity index (χ4n) is 3.88. The Morgan fingerprint density at radius 2 is 1.23 bits per heavy atom. The predicted molar refractivity (Wildman–Crippen MR) is 125 cm³/mol. The topological polar surface area (TPSA) is 49.6 Å². The average molecular weight is 397 g/mol. The van der Waals surface area contributed by atoms with Gasteiger partial charge in [0, 0.05) is 11.1 Å². The van der Waals surface area contributed by atoms with Crippen molar-refractivity contribution in [2.45, 2.75) is 6.92 Å². The van der Waals surface area contributed by atoms with E-state index in [1.807, 2.05) is 37.3 Å². The molecular weight excluding hydrogens is 378 g/mol. The number of hydrogen-bond donors (Lipinski definition) is 0. The second-order valence-electron chi connectivity index (χ2n) is 7.48. The molecule has 0 spiro atoms. The summed E-state index contributed by atoms with van der Waals surface area (Å²) in [6, 6.07) is 35.0. The van der Waals surface area contributed by atoms with E-state index < -0.39 is 0 Å². The molecule has 0 saturated carbocycles. The largest absolute Gasteiger partial charge is 0.233 e. The van der Waals surface area contributed by atoms with Crippen molar-refractivity contribution >= 4 is 10.8 Å². The number of nitriles is 1. The lowest BCUT2D eigenvalue weighted by Gasteiger charge is -2.09. The van der Waals surface area contributed by atoms with Crippen molar-refractivity contribution in [1.29, 1.82) is 5.26 Å². The highest BCUT2D eigenvalue weighted by molar-refractivity contribution is 5.96. The number of benzene rings is 4. The summed E-state index contributed by atoms with van der Waals surface area (Å²) in [6.45, 7) is 1.90. The number of aromatic nitrogens is 2. The van der Waals surface area contributed by atoms with E-state index in [-0.39, 0.29) is 0 Å². The average Bonchev–Trinajstić information content (AvgIpc) is 2.83. The molecule has 1 aromatic heterocycles. The molecule has 1 heterocycles. The summed E-state index contributed by atoms with van der Waals surface area (Å²) in [5, 5.41) is 11.5. The van der Waals surface area contributed by atoms with Crippen molar-refractivity contribution in [2.75, 3.05) is 0 Å². The van der Waals surface area contributed by atoms with Crippen molar-refractivity contribution in [3.63, 3.8) is 0 Å². The number of aryl methyl sites for hydroxylation is 1. The molecule has 31 heavy (non-hydrogen) atoms. The van der Waals surface area contributed by atoms with Gasteiger partial charge in [0.15, 0.2) is 0 Å². The summed E-state index contributed by atoms with van der Waals surface area (Å²) in [7, 11) is 0. The van der Waals surface area contributed by atoms with Crippen LogP contribution in [0, 0.1) is 18.3 Å². The molecule has 0 aliphatic heterocycles. The molecule has 5 aromatic rings. The van der Waals surface area contributed by atoms with Crippen molar-refractivity contribution < 1.29 is 0 Å². The fraction of sp³-hybridized carbons (Fsp3) is 0.0357. The van der Waals surface area contributed by atoms with Gasteiger partial charge in [-0.15, -0.1) is 0 Å². The van der Waals surface area contributed by atoms with Crippen LogP contribution in [0.5, 0.6) is 0 Å². The third-order valence-corrected chi connectivity index (χ3v) is 5.43. The molecule has 0 aliphatic rings. The SMILES string of the molecule is Cc1nc(-c2ccc(C#N)cc2)cc(-c2ccc(-c3cccc4ccccc34)cc2)n1. The van der Waals surface area contributed by atoms with E-state index in [0.29, 0.717) is 5.56 Å². The van der Waals surface area contributed by atoms with Crippen LogP contribution in [0.3, 0.4) is 0 Å². The van der Waals surface area contributed by atoms with Crippen LogP contribution in [0.15, 0.2) is 97.1 Å². The number of rotatable bonds is 3. The normalized spacial score (nSPS) is 10.7. The Bertz CT molecular complexity index is 1420. The van der Waals surface area contributed by atoms with E-state index in [0.717, 1.165) is 28.3 Å². The van der Waals surface area contributed by atoms with E-state index >= 15 is 0 Å². The Hall–Kier alpha value is -4.29. The van der Waals surface area contributed by atoms with E-state index in [1.165, 1.54) is 21.9 Å². The van der Waals surface area contributed by atoms with Gasteiger partial charge in [0.2, 0.25) is 0 Å². The molecule has 0 saturated heterocycles. The summed E-state index contributed by atoms with van der Waals surface area (Å²) in [6.07, 6.45) is 0. The maximum atomic E-state index is 9.02. The molecule has 0 atom stereocenters. The minimum absolute atomic E-state index is 0.638. The van der Waals surface area contributed by atoms with Gasteiger partial charge in [-0.3, -0.25) is 0 Å². The first-order chi connectivity index (χ1) is 15.2. The minimum Gasteiger partial charge on any atom is -0.233 e. The van der Waals surface area contributed by atoms with Gasteiger partial charge in [-0.2, -0.15) is 5.26 Å². The van der Waals surface area contributed by atoms with E-state index in [4.69, 9.17) is 5.26 Å². The smallest absolute Gasteiger partial charge is 0.126 e. The third-order valence-electron chi connectivity index (χ3n) is 5.43. The molecule has 4 aromatic carbocycles. The zero-order valence-corrected chi connectivity index (χ0v) is 17.1. The molecule has 0 radical (unpaired) electrons. The minimum atomic E-state index is 0.638. The number of nitrogens with zero attached hydrogens (tertiary/aromatic N) is 3. The van der Waals surface area contributed by atoms with Crippen LogP contribution >= 0.6 is 0 Å².